The zero-order valence-electron chi connectivity index (χ0n) is 21.5. The minimum atomic E-state index is 0.804. The number of hydrogen-bond donors (Lipinski definition) is 0. The summed E-state index contributed by atoms with van der Waals surface area (Å²) < 4.78 is 6.39. The summed E-state index contributed by atoms with van der Waals surface area (Å²) >= 11 is 0. The summed E-state index contributed by atoms with van der Waals surface area (Å²) in [6.45, 7) is 6.50. The molecule has 2 aromatic carbocycles. The lowest BCUT2D eigenvalue weighted by Gasteiger charge is -2.23. The van der Waals surface area contributed by atoms with E-state index in [1.165, 1.54) is 49.7 Å². The van der Waals surface area contributed by atoms with Crippen LogP contribution in [0.4, 0.5) is 17.3 Å². The van der Waals surface area contributed by atoms with E-state index in [1.807, 2.05) is 25.3 Å². The van der Waals surface area contributed by atoms with Gasteiger partial charge in [0.1, 0.15) is 5.76 Å². The van der Waals surface area contributed by atoms with E-state index in [9.17, 15) is 0 Å². The van der Waals surface area contributed by atoms with Gasteiger partial charge in [0.2, 0.25) is 5.88 Å². The fourth-order valence-corrected chi connectivity index (χ4v) is 4.40. The molecule has 0 saturated carbocycles. The minimum Gasteiger partial charge on any atom is -0.440 e. The van der Waals surface area contributed by atoms with Crippen LogP contribution in [0.5, 0.6) is 0 Å². The van der Waals surface area contributed by atoms with Gasteiger partial charge in [0.05, 0.1) is 0 Å². The van der Waals surface area contributed by atoms with Crippen LogP contribution in [0.1, 0.15) is 69.2 Å². The van der Waals surface area contributed by atoms with E-state index >= 15 is 0 Å². The third kappa shape index (κ3) is 6.63. The van der Waals surface area contributed by atoms with Crippen molar-refractivity contribution in [2.45, 2.75) is 72.1 Å². The molecule has 3 heteroatoms. The lowest BCUT2D eigenvalue weighted by atomic mass is 10.1. The number of hydrogen-bond acceptors (Lipinski definition) is 3. The number of furan rings is 1. The first-order valence-corrected chi connectivity index (χ1v) is 13.2. The average Bonchev–Trinajstić information content (AvgIpc) is 3.36. The van der Waals surface area contributed by atoms with Gasteiger partial charge in [0.15, 0.2) is 0 Å². The van der Waals surface area contributed by atoms with Gasteiger partial charge in [-0.05, 0) is 86.2 Å². The molecule has 0 saturated heterocycles. The standard InChI is InChI=1S/C32H38N2O/c1-4-6-8-10-26-13-18-29(19-14-26)34(30-20-15-27(16-21-30)11-9-7-5-2)32-23-22-31(35-32)28-17-12-25(3)33-24-28/h12-24H,4-11H2,1-3H3. The van der Waals surface area contributed by atoms with Gasteiger partial charge in [-0.1, -0.05) is 63.8 Å². The maximum Gasteiger partial charge on any atom is 0.205 e. The molecule has 3 nitrogen and oxygen atoms in total. The number of benzene rings is 2. The van der Waals surface area contributed by atoms with Crippen LogP contribution in [0.25, 0.3) is 11.3 Å². The molecule has 0 amide bonds. The van der Waals surface area contributed by atoms with Crippen LogP contribution in [0, 0.1) is 6.92 Å². The summed E-state index contributed by atoms with van der Waals surface area (Å²) in [5, 5.41) is 0. The monoisotopic (exact) mass is 466 g/mol. The Bertz CT molecular complexity index is 1100. The molecule has 0 aliphatic heterocycles. The van der Waals surface area contributed by atoms with E-state index in [4.69, 9.17) is 4.42 Å². The zero-order chi connectivity index (χ0) is 24.5. The third-order valence-corrected chi connectivity index (χ3v) is 6.54. The van der Waals surface area contributed by atoms with Crippen molar-refractivity contribution in [2.75, 3.05) is 4.90 Å². The molecule has 0 aliphatic carbocycles. The molecule has 0 radical (unpaired) electrons. The molecular formula is C32H38N2O. The Balaban J connectivity index is 1.63. The van der Waals surface area contributed by atoms with E-state index < -0.39 is 0 Å². The molecule has 2 heterocycles. The Morgan fingerprint density at radius 1 is 0.657 bits per heavy atom. The van der Waals surface area contributed by atoms with Crippen molar-refractivity contribution in [1.29, 1.82) is 0 Å². The van der Waals surface area contributed by atoms with E-state index in [1.54, 1.807) is 0 Å². The van der Waals surface area contributed by atoms with Crippen LogP contribution in [-0.2, 0) is 12.8 Å². The number of unbranched alkanes of at least 4 members (excludes halogenated alkanes) is 4. The van der Waals surface area contributed by atoms with Crippen LogP contribution >= 0.6 is 0 Å². The highest BCUT2D eigenvalue weighted by atomic mass is 16.4. The normalized spacial score (nSPS) is 11.1. The second kappa shape index (κ2) is 12.4. The highest BCUT2D eigenvalue weighted by Crippen LogP contribution is 2.38. The van der Waals surface area contributed by atoms with Gasteiger partial charge in [-0.2, -0.15) is 0 Å². The average molecular weight is 467 g/mol. The fourth-order valence-electron chi connectivity index (χ4n) is 4.40. The SMILES string of the molecule is CCCCCc1ccc(N(c2ccc(CCCCC)cc2)c2ccc(-c3ccc(C)nc3)o2)cc1. The van der Waals surface area contributed by atoms with Gasteiger partial charge >= 0.3 is 0 Å². The summed E-state index contributed by atoms with van der Waals surface area (Å²) in [6.07, 6.45) is 11.7. The van der Waals surface area contributed by atoms with E-state index in [0.29, 0.717) is 0 Å². The minimum absolute atomic E-state index is 0.804. The summed E-state index contributed by atoms with van der Waals surface area (Å²) in [5.74, 6) is 1.63. The molecule has 0 spiro atoms. The molecule has 2 aromatic heterocycles. The molecule has 182 valence electrons. The van der Waals surface area contributed by atoms with Crippen LogP contribution in [0.3, 0.4) is 0 Å². The fraction of sp³-hybridized carbons (Fsp3) is 0.344. The van der Waals surface area contributed by atoms with Crippen molar-refractivity contribution < 1.29 is 4.42 Å². The Hall–Kier alpha value is -3.33. The highest BCUT2D eigenvalue weighted by Gasteiger charge is 2.17. The van der Waals surface area contributed by atoms with Crippen LogP contribution in [0.15, 0.2) is 83.4 Å². The summed E-state index contributed by atoms with van der Waals surface area (Å²) in [7, 11) is 0. The van der Waals surface area contributed by atoms with Gasteiger partial charge < -0.3 is 4.42 Å². The third-order valence-electron chi connectivity index (χ3n) is 6.54. The van der Waals surface area contributed by atoms with Crippen molar-refractivity contribution in [2.24, 2.45) is 0 Å². The molecule has 0 bridgehead atoms. The van der Waals surface area contributed by atoms with E-state index in [2.05, 4.69) is 84.4 Å². The van der Waals surface area contributed by atoms with Crippen LogP contribution in [0.2, 0.25) is 0 Å². The van der Waals surface area contributed by atoms with Crippen LogP contribution < -0.4 is 4.90 Å². The molecule has 0 N–H and O–H groups in total. The van der Waals surface area contributed by atoms with Gasteiger partial charge in [-0.25, -0.2) is 0 Å². The van der Waals surface area contributed by atoms with E-state index in [-0.39, 0.29) is 0 Å². The second-order valence-electron chi connectivity index (χ2n) is 9.41. The van der Waals surface area contributed by atoms with Gasteiger partial charge in [-0.15, -0.1) is 0 Å². The quantitative estimate of drug-likeness (QED) is 0.195. The smallest absolute Gasteiger partial charge is 0.205 e. The topological polar surface area (TPSA) is 29.3 Å². The maximum absolute atomic E-state index is 6.39. The maximum atomic E-state index is 6.39. The molecule has 0 atom stereocenters. The molecule has 4 rings (SSSR count). The van der Waals surface area contributed by atoms with E-state index in [0.717, 1.165) is 47.1 Å². The first-order valence-electron chi connectivity index (χ1n) is 13.2. The predicted octanol–water partition coefficient (Wildman–Crippen LogP) is 9.59. The zero-order valence-corrected chi connectivity index (χ0v) is 21.5. The Labute approximate surface area is 210 Å². The molecule has 0 unspecified atom stereocenters. The predicted molar refractivity (Wildman–Crippen MR) is 148 cm³/mol. The molecule has 35 heavy (non-hydrogen) atoms. The number of nitrogens with zero attached hydrogens (tertiary/aromatic N) is 2. The summed E-state index contributed by atoms with van der Waals surface area (Å²) in [4.78, 5) is 6.64. The van der Waals surface area contributed by atoms with Crippen molar-refractivity contribution >= 4 is 17.3 Å². The molecular weight excluding hydrogens is 428 g/mol. The molecule has 4 aromatic rings. The number of pyridine rings is 1. The molecule has 0 fully saturated rings. The number of rotatable bonds is 12. The highest BCUT2D eigenvalue weighted by molar-refractivity contribution is 5.75. The lowest BCUT2D eigenvalue weighted by Crippen LogP contribution is -2.09. The van der Waals surface area contributed by atoms with Crippen molar-refractivity contribution in [3.63, 3.8) is 0 Å². The first-order chi connectivity index (χ1) is 17.2. The largest absolute Gasteiger partial charge is 0.440 e. The second-order valence-corrected chi connectivity index (χ2v) is 9.41. The summed E-state index contributed by atoms with van der Waals surface area (Å²) in [6, 6.07) is 26.0. The number of aryl methyl sites for hydroxylation is 3. The summed E-state index contributed by atoms with van der Waals surface area (Å²) in [5.41, 5.74) is 6.97. The first kappa shape index (κ1) is 24.8. The van der Waals surface area contributed by atoms with Crippen molar-refractivity contribution in [3.05, 3.63) is 95.8 Å². The Morgan fingerprint density at radius 2 is 1.23 bits per heavy atom. The van der Waals surface area contributed by atoms with Crippen molar-refractivity contribution in [3.8, 4) is 11.3 Å². The lowest BCUT2D eigenvalue weighted by molar-refractivity contribution is 0.588. The van der Waals surface area contributed by atoms with Gasteiger partial charge in [0.25, 0.3) is 0 Å². The number of anilines is 3. The number of aromatic nitrogens is 1. The van der Waals surface area contributed by atoms with Gasteiger partial charge in [0, 0.05) is 34.9 Å². The van der Waals surface area contributed by atoms with Crippen molar-refractivity contribution in [1.82, 2.24) is 4.98 Å². The Kier molecular flexibility index (Phi) is 8.78. The van der Waals surface area contributed by atoms with Crippen LogP contribution in [-0.4, -0.2) is 4.98 Å². The molecule has 0 aliphatic rings. The van der Waals surface area contributed by atoms with Gasteiger partial charge in [-0.3, -0.25) is 9.88 Å². The Morgan fingerprint density at radius 3 is 1.71 bits per heavy atom.